The van der Waals surface area contributed by atoms with Crippen LogP contribution >= 0.6 is 12.4 Å². The molecule has 1 rings (SSSR count). The van der Waals surface area contributed by atoms with Crippen LogP contribution in [0.4, 0.5) is 0 Å². The molecule has 0 spiro atoms. The van der Waals surface area contributed by atoms with Crippen LogP contribution in [0.5, 0.6) is 5.75 Å². The highest BCUT2D eigenvalue weighted by molar-refractivity contribution is 5.85. The Hall–Kier alpha value is -0.770. The van der Waals surface area contributed by atoms with Gasteiger partial charge in [0.25, 0.3) is 0 Å². The van der Waals surface area contributed by atoms with Gasteiger partial charge in [-0.3, -0.25) is 0 Å². The number of hydrogen-bond acceptors (Lipinski definition) is 3. The quantitative estimate of drug-likeness (QED) is 0.853. The zero-order valence-corrected chi connectivity index (χ0v) is 11.6. The minimum absolute atomic E-state index is 0. The number of nitrogens with two attached hydrogens (primary N) is 2. The van der Waals surface area contributed by atoms with Crippen molar-refractivity contribution in [1.82, 2.24) is 0 Å². The SMILES string of the molecule is COc1ccc(C(C)C)cc1[C@H](N)CCN.Cl. The number of benzene rings is 1. The Morgan fingerprint density at radius 3 is 2.41 bits per heavy atom. The minimum atomic E-state index is -0.0429. The first-order chi connectivity index (χ1) is 7.60. The number of rotatable bonds is 5. The van der Waals surface area contributed by atoms with E-state index in [2.05, 4.69) is 26.0 Å². The Morgan fingerprint density at radius 1 is 1.29 bits per heavy atom. The summed E-state index contributed by atoms with van der Waals surface area (Å²) >= 11 is 0. The van der Waals surface area contributed by atoms with Crippen LogP contribution in [0.3, 0.4) is 0 Å². The van der Waals surface area contributed by atoms with Gasteiger partial charge >= 0.3 is 0 Å². The van der Waals surface area contributed by atoms with Gasteiger partial charge in [-0.25, -0.2) is 0 Å². The molecule has 0 aliphatic rings. The highest BCUT2D eigenvalue weighted by Gasteiger charge is 2.13. The van der Waals surface area contributed by atoms with Crippen LogP contribution in [-0.4, -0.2) is 13.7 Å². The molecular weight excluding hydrogens is 236 g/mol. The van der Waals surface area contributed by atoms with Gasteiger partial charge in [-0.2, -0.15) is 0 Å². The molecule has 0 fully saturated rings. The Balaban J connectivity index is 0.00000256. The summed E-state index contributed by atoms with van der Waals surface area (Å²) < 4.78 is 5.33. The molecule has 0 unspecified atom stereocenters. The Morgan fingerprint density at radius 2 is 1.94 bits per heavy atom. The van der Waals surface area contributed by atoms with Gasteiger partial charge in [0.2, 0.25) is 0 Å². The zero-order chi connectivity index (χ0) is 12.1. The van der Waals surface area contributed by atoms with E-state index in [0.29, 0.717) is 12.5 Å². The van der Waals surface area contributed by atoms with Crippen molar-refractivity contribution in [1.29, 1.82) is 0 Å². The standard InChI is InChI=1S/C13H22N2O.ClH/c1-9(2)10-4-5-13(16-3)11(8-10)12(15)6-7-14;/h4-5,8-9,12H,6-7,14-15H2,1-3H3;1H/t12-;/m1./s1. The van der Waals surface area contributed by atoms with Crippen LogP contribution in [0.15, 0.2) is 18.2 Å². The van der Waals surface area contributed by atoms with Crippen LogP contribution in [-0.2, 0) is 0 Å². The predicted octanol–water partition coefficient (Wildman–Crippen LogP) is 2.59. The summed E-state index contributed by atoms with van der Waals surface area (Å²) in [5.74, 6) is 1.35. The molecule has 0 radical (unpaired) electrons. The van der Waals surface area contributed by atoms with E-state index in [0.717, 1.165) is 17.7 Å². The number of methoxy groups -OCH3 is 1. The van der Waals surface area contributed by atoms with Crippen molar-refractivity contribution in [2.75, 3.05) is 13.7 Å². The second kappa shape index (κ2) is 7.54. The monoisotopic (exact) mass is 258 g/mol. The van der Waals surface area contributed by atoms with Crippen LogP contribution in [0, 0.1) is 0 Å². The fraction of sp³-hybridized carbons (Fsp3) is 0.538. The van der Waals surface area contributed by atoms with Gasteiger partial charge in [-0.15, -0.1) is 12.4 Å². The lowest BCUT2D eigenvalue weighted by Crippen LogP contribution is -2.16. The van der Waals surface area contributed by atoms with Gasteiger partial charge in [-0.1, -0.05) is 26.0 Å². The lowest BCUT2D eigenvalue weighted by molar-refractivity contribution is 0.404. The molecule has 0 heterocycles. The van der Waals surface area contributed by atoms with Crippen molar-refractivity contribution < 1.29 is 4.74 Å². The molecule has 3 nitrogen and oxygen atoms in total. The van der Waals surface area contributed by atoms with Crippen molar-refractivity contribution in [2.45, 2.75) is 32.2 Å². The van der Waals surface area contributed by atoms with Crippen molar-refractivity contribution in [3.63, 3.8) is 0 Å². The zero-order valence-electron chi connectivity index (χ0n) is 10.8. The highest BCUT2D eigenvalue weighted by Crippen LogP contribution is 2.29. The Bertz CT molecular complexity index is 342. The van der Waals surface area contributed by atoms with Crippen LogP contribution in [0.2, 0.25) is 0 Å². The third-order valence-electron chi connectivity index (χ3n) is 2.80. The minimum Gasteiger partial charge on any atom is -0.496 e. The molecule has 0 aromatic heterocycles. The molecular formula is C13H23ClN2O. The maximum atomic E-state index is 6.09. The van der Waals surface area contributed by atoms with Gasteiger partial charge in [0.05, 0.1) is 7.11 Å². The molecule has 98 valence electrons. The van der Waals surface area contributed by atoms with E-state index < -0.39 is 0 Å². The molecule has 1 atom stereocenters. The van der Waals surface area contributed by atoms with Crippen LogP contribution < -0.4 is 16.2 Å². The molecule has 0 aliphatic carbocycles. The molecule has 0 bridgehead atoms. The van der Waals surface area contributed by atoms with Gasteiger partial charge in [0, 0.05) is 11.6 Å². The third-order valence-corrected chi connectivity index (χ3v) is 2.80. The maximum Gasteiger partial charge on any atom is 0.123 e. The third kappa shape index (κ3) is 4.19. The lowest BCUT2D eigenvalue weighted by atomic mass is 9.96. The van der Waals surface area contributed by atoms with Crippen LogP contribution in [0.1, 0.15) is 43.4 Å². The molecule has 4 heteroatoms. The fourth-order valence-electron chi connectivity index (χ4n) is 1.74. The molecule has 4 N–H and O–H groups in total. The molecule has 1 aromatic rings. The van der Waals surface area contributed by atoms with E-state index in [9.17, 15) is 0 Å². The predicted molar refractivity (Wildman–Crippen MR) is 74.9 cm³/mol. The van der Waals surface area contributed by atoms with Crippen molar-refractivity contribution in [3.8, 4) is 5.75 Å². The second-order valence-electron chi connectivity index (χ2n) is 4.34. The van der Waals surface area contributed by atoms with E-state index in [1.54, 1.807) is 7.11 Å². The summed E-state index contributed by atoms with van der Waals surface area (Å²) in [6.07, 6.45) is 0.776. The van der Waals surface area contributed by atoms with E-state index in [4.69, 9.17) is 16.2 Å². The highest BCUT2D eigenvalue weighted by atomic mass is 35.5. The smallest absolute Gasteiger partial charge is 0.123 e. The average molecular weight is 259 g/mol. The van der Waals surface area contributed by atoms with Gasteiger partial charge in [0.15, 0.2) is 0 Å². The fourth-order valence-corrected chi connectivity index (χ4v) is 1.74. The number of hydrogen-bond donors (Lipinski definition) is 2. The largest absolute Gasteiger partial charge is 0.496 e. The maximum absolute atomic E-state index is 6.09. The second-order valence-corrected chi connectivity index (χ2v) is 4.34. The average Bonchev–Trinajstić information content (AvgIpc) is 2.28. The molecule has 0 aliphatic heterocycles. The number of halogens is 1. The summed E-state index contributed by atoms with van der Waals surface area (Å²) in [6, 6.07) is 6.16. The summed E-state index contributed by atoms with van der Waals surface area (Å²) in [5, 5.41) is 0. The summed E-state index contributed by atoms with van der Waals surface area (Å²) in [6.45, 7) is 4.93. The topological polar surface area (TPSA) is 61.3 Å². The van der Waals surface area contributed by atoms with Crippen molar-refractivity contribution in [2.24, 2.45) is 11.5 Å². The molecule has 0 amide bonds. The normalized spacial score (nSPS) is 12.1. The molecule has 1 aromatic carbocycles. The Kier molecular flexibility index (Phi) is 7.19. The molecule has 0 saturated heterocycles. The van der Waals surface area contributed by atoms with Crippen molar-refractivity contribution >= 4 is 12.4 Å². The van der Waals surface area contributed by atoms with Gasteiger partial charge in [0.1, 0.15) is 5.75 Å². The van der Waals surface area contributed by atoms with Crippen LogP contribution in [0.25, 0.3) is 0 Å². The van der Waals surface area contributed by atoms with E-state index in [-0.39, 0.29) is 18.4 Å². The summed E-state index contributed by atoms with van der Waals surface area (Å²) in [4.78, 5) is 0. The van der Waals surface area contributed by atoms with E-state index in [1.165, 1.54) is 5.56 Å². The Labute approximate surface area is 110 Å². The molecule has 17 heavy (non-hydrogen) atoms. The van der Waals surface area contributed by atoms with Gasteiger partial charge < -0.3 is 16.2 Å². The van der Waals surface area contributed by atoms with E-state index >= 15 is 0 Å². The van der Waals surface area contributed by atoms with Crippen molar-refractivity contribution in [3.05, 3.63) is 29.3 Å². The van der Waals surface area contributed by atoms with E-state index in [1.807, 2.05) is 6.07 Å². The van der Waals surface area contributed by atoms with Gasteiger partial charge in [-0.05, 0) is 30.5 Å². The first-order valence-electron chi connectivity index (χ1n) is 5.73. The first kappa shape index (κ1) is 16.2. The first-order valence-corrected chi connectivity index (χ1v) is 5.73. The molecule has 0 saturated carbocycles. The summed E-state index contributed by atoms with van der Waals surface area (Å²) in [5.41, 5.74) is 14.0. The summed E-state index contributed by atoms with van der Waals surface area (Å²) in [7, 11) is 1.67. The number of ether oxygens (including phenoxy) is 1. The lowest BCUT2D eigenvalue weighted by Gasteiger charge is -2.17.